The summed E-state index contributed by atoms with van der Waals surface area (Å²) in [4.78, 5) is 23.2. The summed E-state index contributed by atoms with van der Waals surface area (Å²) in [7, 11) is 0. The van der Waals surface area contributed by atoms with Gasteiger partial charge in [-0.15, -0.1) is 10.2 Å². The van der Waals surface area contributed by atoms with Crippen molar-refractivity contribution in [2.24, 2.45) is 0 Å². The van der Waals surface area contributed by atoms with Crippen molar-refractivity contribution in [3.8, 4) is 11.5 Å². The highest BCUT2D eigenvalue weighted by Crippen LogP contribution is 2.18. The van der Waals surface area contributed by atoms with E-state index in [9.17, 15) is 9.59 Å². The van der Waals surface area contributed by atoms with Gasteiger partial charge in [-0.2, -0.15) is 0 Å². The van der Waals surface area contributed by atoms with E-state index in [1.54, 1.807) is 0 Å². The monoisotopic (exact) mass is 330 g/mol. The number of rotatable bonds is 7. The summed E-state index contributed by atoms with van der Waals surface area (Å²) < 4.78 is 5.56. The van der Waals surface area contributed by atoms with Crippen LogP contribution in [0.25, 0.3) is 11.5 Å². The molecular weight excluding hydrogens is 308 g/mol. The molecule has 0 aliphatic rings. The van der Waals surface area contributed by atoms with Gasteiger partial charge in [-0.05, 0) is 32.9 Å². The van der Waals surface area contributed by atoms with Crippen LogP contribution in [0.1, 0.15) is 31.7 Å². The van der Waals surface area contributed by atoms with Gasteiger partial charge in [0.05, 0.1) is 6.54 Å². The number of nitrogens with zero attached hydrogens (tertiary/aromatic N) is 2. The largest absolute Gasteiger partial charge is 0.421 e. The Morgan fingerprint density at radius 1 is 1.12 bits per heavy atom. The van der Waals surface area contributed by atoms with Crippen molar-refractivity contribution in [1.82, 2.24) is 20.8 Å². The molecule has 0 aliphatic heterocycles. The van der Waals surface area contributed by atoms with Crippen molar-refractivity contribution in [1.29, 1.82) is 0 Å². The lowest BCUT2D eigenvalue weighted by molar-refractivity contribution is -0.126. The van der Waals surface area contributed by atoms with Crippen molar-refractivity contribution < 1.29 is 14.0 Å². The van der Waals surface area contributed by atoms with Crippen LogP contribution in [-0.4, -0.2) is 34.6 Å². The number of hydrogen-bond donors (Lipinski definition) is 2. The molecule has 7 heteroatoms. The molecule has 0 atom stereocenters. The highest BCUT2D eigenvalue weighted by atomic mass is 16.4. The summed E-state index contributed by atoms with van der Waals surface area (Å²) in [6.45, 7) is 5.69. The fraction of sp³-hybridized carbons (Fsp3) is 0.412. The molecule has 2 amide bonds. The van der Waals surface area contributed by atoms with Gasteiger partial charge in [0.1, 0.15) is 0 Å². The van der Waals surface area contributed by atoms with Crippen molar-refractivity contribution >= 4 is 11.8 Å². The van der Waals surface area contributed by atoms with Crippen molar-refractivity contribution in [2.75, 3.05) is 6.54 Å². The van der Waals surface area contributed by atoms with E-state index in [1.165, 1.54) is 0 Å². The number of carbonyl (C=O) groups is 2. The van der Waals surface area contributed by atoms with Gasteiger partial charge < -0.3 is 15.1 Å². The summed E-state index contributed by atoms with van der Waals surface area (Å²) in [5, 5.41) is 13.2. The van der Waals surface area contributed by atoms with Crippen molar-refractivity contribution in [3.63, 3.8) is 0 Å². The SMILES string of the molecule is Cc1ccc(-c2nnc(CCC(=O)NCC(=O)NC(C)C)o2)cc1. The number of benzene rings is 1. The fourth-order valence-corrected chi connectivity index (χ4v) is 2.03. The zero-order valence-electron chi connectivity index (χ0n) is 14.1. The second-order valence-electron chi connectivity index (χ2n) is 5.87. The zero-order valence-corrected chi connectivity index (χ0v) is 14.1. The van der Waals surface area contributed by atoms with Gasteiger partial charge in [0.2, 0.25) is 23.6 Å². The first-order valence-corrected chi connectivity index (χ1v) is 7.89. The smallest absolute Gasteiger partial charge is 0.247 e. The van der Waals surface area contributed by atoms with E-state index in [1.807, 2.05) is 45.0 Å². The van der Waals surface area contributed by atoms with Gasteiger partial charge in [-0.1, -0.05) is 17.7 Å². The summed E-state index contributed by atoms with van der Waals surface area (Å²) in [5.74, 6) is 0.385. The highest BCUT2D eigenvalue weighted by Gasteiger charge is 2.11. The van der Waals surface area contributed by atoms with Crippen LogP contribution < -0.4 is 10.6 Å². The third-order valence-corrected chi connectivity index (χ3v) is 3.23. The Kier molecular flexibility index (Phi) is 6.06. The average Bonchev–Trinajstić information content (AvgIpc) is 3.00. The molecule has 0 saturated carbocycles. The normalized spacial score (nSPS) is 10.7. The lowest BCUT2D eigenvalue weighted by Gasteiger charge is -2.08. The molecule has 1 heterocycles. The standard InChI is InChI=1S/C17H22N4O3/c1-11(2)19-15(23)10-18-14(22)8-9-16-20-21-17(24-16)13-6-4-12(3)5-7-13/h4-7,11H,8-10H2,1-3H3,(H,18,22)(H,19,23). The van der Waals surface area contributed by atoms with Gasteiger partial charge >= 0.3 is 0 Å². The van der Waals surface area contributed by atoms with E-state index in [0.29, 0.717) is 18.2 Å². The maximum Gasteiger partial charge on any atom is 0.247 e. The summed E-state index contributed by atoms with van der Waals surface area (Å²) in [6, 6.07) is 7.80. The zero-order chi connectivity index (χ0) is 17.5. The van der Waals surface area contributed by atoms with Crippen molar-refractivity contribution in [2.45, 2.75) is 39.7 Å². The Labute approximate surface area is 140 Å². The van der Waals surface area contributed by atoms with Crippen LogP contribution in [0.4, 0.5) is 0 Å². The quantitative estimate of drug-likeness (QED) is 0.804. The third kappa shape index (κ3) is 5.49. The number of aryl methyl sites for hydroxylation is 2. The Hall–Kier alpha value is -2.70. The molecule has 2 rings (SSSR count). The van der Waals surface area contributed by atoms with Crippen LogP contribution >= 0.6 is 0 Å². The Bertz CT molecular complexity index is 692. The molecule has 7 nitrogen and oxygen atoms in total. The molecule has 0 bridgehead atoms. The Morgan fingerprint density at radius 3 is 2.50 bits per heavy atom. The van der Waals surface area contributed by atoms with Crippen LogP contribution in [0, 0.1) is 6.92 Å². The minimum absolute atomic E-state index is 0.0323. The van der Waals surface area contributed by atoms with E-state index < -0.39 is 0 Å². The molecular formula is C17H22N4O3. The number of carbonyl (C=O) groups excluding carboxylic acids is 2. The van der Waals surface area contributed by atoms with E-state index in [4.69, 9.17) is 4.42 Å². The van der Waals surface area contributed by atoms with Crippen molar-refractivity contribution in [3.05, 3.63) is 35.7 Å². The molecule has 128 valence electrons. The number of nitrogens with one attached hydrogen (secondary N) is 2. The molecule has 1 aromatic heterocycles. The van der Waals surface area contributed by atoms with Gasteiger partial charge in [0, 0.05) is 24.4 Å². The van der Waals surface area contributed by atoms with E-state index >= 15 is 0 Å². The van der Waals surface area contributed by atoms with Crippen LogP contribution in [0.3, 0.4) is 0 Å². The molecule has 0 fully saturated rings. The molecule has 2 aromatic rings. The first-order chi connectivity index (χ1) is 11.4. The predicted molar refractivity (Wildman–Crippen MR) is 89.1 cm³/mol. The van der Waals surface area contributed by atoms with Crippen LogP contribution in [-0.2, 0) is 16.0 Å². The van der Waals surface area contributed by atoms with Gasteiger partial charge in [-0.25, -0.2) is 0 Å². The van der Waals surface area contributed by atoms with Gasteiger partial charge in [0.15, 0.2) is 0 Å². The molecule has 24 heavy (non-hydrogen) atoms. The lowest BCUT2D eigenvalue weighted by atomic mass is 10.1. The second kappa shape index (κ2) is 8.24. The maximum atomic E-state index is 11.7. The third-order valence-electron chi connectivity index (χ3n) is 3.23. The predicted octanol–water partition coefficient (Wildman–Crippen LogP) is 1.62. The average molecular weight is 330 g/mol. The van der Waals surface area contributed by atoms with Crippen LogP contribution in [0.5, 0.6) is 0 Å². The maximum absolute atomic E-state index is 11.7. The van der Waals surface area contributed by atoms with E-state index in [0.717, 1.165) is 11.1 Å². The topological polar surface area (TPSA) is 97.1 Å². The minimum Gasteiger partial charge on any atom is -0.421 e. The van der Waals surface area contributed by atoms with Gasteiger partial charge in [0.25, 0.3) is 0 Å². The molecule has 0 spiro atoms. The molecule has 2 N–H and O–H groups in total. The number of amides is 2. The molecule has 0 unspecified atom stereocenters. The number of aromatic nitrogens is 2. The highest BCUT2D eigenvalue weighted by molar-refractivity contribution is 5.84. The molecule has 1 aromatic carbocycles. The molecule has 0 radical (unpaired) electrons. The number of hydrogen-bond acceptors (Lipinski definition) is 5. The lowest BCUT2D eigenvalue weighted by Crippen LogP contribution is -2.39. The summed E-state index contributed by atoms with van der Waals surface area (Å²) >= 11 is 0. The fourth-order valence-electron chi connectivity index (χ4n) is 2.03. The summed E-state index contributed by atoms with van der Waals surface area (Å²) in [5.41, 5.74) is 1.99. The second-order valence-corrected chi connectivity index (χ2v) is 5.87. The van der Waals surface area contributed by atoms with Gasteiger partial charge in [-0.3, -0.25) is 9.59 Å². The first kappa shape index (κ1) is 17.7. The van der Waals surface area contributed by atoms with E-state index in [2.05, 4.69) is 20.8 Å². The van der Waals surface area contributed by atoms with Crippen LogP contribution in [0.2, 0.25) is 0 Å². The summed E-state index contributed by atoms with van der Waals surface area (Å²) in [6.07, 6.45) is 0.515. The molecule has 0 saturated heterocycles. The minimum atomic E-state index is -0.232. The van der Waals surface area contributed by atoms with E-state index in [-0.39, 0.29) is 30.8 Å². The Balaban J connectivity index is 1.79. The van der Waals surface area contributed by atoms with Crippen LogP contribution in [0.15, 0.2) is 28.7 Å². The first-order valence-electron chi connectivity index (χ1n) is 7.89. The Morgan fingerprint density at radius 2 is 1.83 bits per heavy atom. The molecule has 0 aliphatic carbocycles.